The summed E-state index contributed by atoms with van der Waals surface area (Å²) in [6.07, 6.45) is 1.79. The summed E-state index contributed by atoms with van der Waals surface area (Å²) in [7, 11) is 3.16. The van der Waals surface area contributed by atoms with Crippen LogP contribution in [0.1, 0.15) is 11.1 Å². The summed E-state index contributed by atoms with van der Waals surface area (Å²) in [5.41, 5.74) is 2.16. The largest absolute Gasteiger partial charge is 0.493 e. The van der Waals surface area contributed by atoms with Gasteiger partial charge in [-0.1, -0.05) is 29.8 Å². The fourth-order valence-electron chi connectivity index (χ4n) is 1.95. The highest BCUT2D eigenvalue weighted by Gasteiger charge is 2.06. The SMILES string of the molecule is COc1ccc(/C=C(/C#N)c2cccc(Cl)c2)cc1OC. The van der Waals surface area contributed by atoms with E-state index >= 15 is 0 Å². The minimum atomic E-state index is 0.532. The molecule has 2 aromatic rings. The predicted octanol–water partition coefficient (Wildman–Crippen LogP) is 4.42. The zero-order chi connectivity index (χ0) is 15.2. The number of benzene rings is 2. The summed E-state index contributed by atoms with van der Waals surface area (Å²) in [5, 5.41) is 9.94. The average molecular weight is 300 g/mol. The maximum Gasteiger partial charge on any atom is 0.161 e. The van der Waals surface area contributed by atoms with Gasteiger partial charge >= 0.3 is 0 Å². The number of hydrogen-bond acceptors (Lipinski definition) is 3. The van der Waals surface area contributed by atoms with Gasteiger partial charge in [0.2, 0.25) is 0 Å². The molecular formula is C17H14ClNO2. The van der Waals surface area contributed by atoms with Crippen molar-refractivity contribution in [2.75, 3.05) is 14.2 Å². The van der Waals surface area contributed by atoms with Crippen LogP contribution in [0.3, 0.4) is 0 Å². The van der Waals surface area contributed by atoms with Crippen LogP contribution >= 0.6 is 11.6 Å². The van der Waals surface area contributed by atoms with Crippen molar-refractivity contribution in [2.45, 2.75) is 0 Å². The van der Waals surface area contributed by atoms with E-state index in [0.29, 0.717) is 22.1 Å². The highest BCUT2D eigenvalue weighted by molar-refractivity contribution is 6.30. The maximum atomic E-state index is 9.34. The fourth-order valence-corrected chi connectivity index (χ4v) is 2.14. The molecule has 0 heterocycles. The monoisotopic (exact) mass is 299 g/mol. The van der Waals surface area contributed by atoms with E-state index in [1.54, 1.807) is 38.5 Å². The molecule has 0 unspecified atom stereocenters. The van der Waals surface area contributed by atoms with Crippen molar-refractivity contribution >= 4 is 23.3 Å². The Labute approximate surface area is 129 Å². The zero-order valence-electron chi connectivity index (χ0n) is 11.8. The Morgan fingerprint density at radius 2 is 1.86 bits per heavy atom. The van der Waals surface area contributed by atoms with Gasteiger partial charge in [-0.3, -0.25) is 0 Å². The zero-order valence-corrected chi connectivity index (χ0v) is 12.5. The molecule has 0 bridgehead atoms. The number of rotatable bonds is 4. The molecule has 0 spiro atoms. The van der Waals surface area contributed by atoms with Crippen LogP contribution in [0.2, 0.25) is 5.02 Å². The van der Waals surface area contributed by atoms with Gasteiger partial charge in [0.1, 0.15) is 0 Å². The van der Waals surface area contributed by atoms with Crippen LogP contribution in [0.5, 0.6) is 11.5 Å². The van der Waals surface area contributed by atoms with Crippen LogP contribution in [-0.2, 0) is 0 Å². The van der Waals surface area contributed by atoms with Gasteiger partial charge in [-0.15, -0.1) is 0 Å². The van der Waals surface area contributed by atoms with Crippen molar-refractivity contribution in [3.8, 4) is 17.6 Å². The average Bonchev–Trinajstić information content (AvgIpc) is 2.52. The van der Waals surface area contributed by atoms with E-state index in [1.807, 2.05) is 24.3 Å². The molecule has 0 amide bonds. The highest BCUT2D eigenvalue weighted by atomic mass is 35.5. The Hall–Kier alpha value is -2.44. The normalized spacial score (nSPS) is 10.9. The van der Waals surface area contributed by atoms with Crippen LogP contribution < -0.4 is 9.47 Å². The van der Waals surface area contributed by atoms with Gasteiger partial charge in [-0.25, -0.2) is 0 Å². The molecule has 2 aromatic carbocycles. The number of nitrogens with zero attached hydrogens (tertiary/aromatic N) is 1. The maximum absolute atomic E-state index is 9.34. The molecule has 0 aliphatic carbocycles. The second kappa shape index (κ2) is 6.83. The van der Waals surface area contributed by atoms with E-state index < -0.39 is 0 Å². The molecule has 3 nitrogen and oxygen atoms in total. The Morgan fingerprint density at radius 1 is 1.10 bits per heavy atom. The lowest BCUT2D eigenvalue weighted by Crippen LogP contribution is -1.91. The summed E-state index contributed by atoms with van der Waals surface area (Å²) >= 11 is 5.96. The Balaban J connectivity index is 2.43. The minimum absolute atomic E-state index is 0.532. The highest BCUT2D eigenvalue weighted by Crippen LogP contribution is 2.29. The quantitative estimate of drug-likeness (QED) is 0.620. The lowest BCUT2D eigenvalue weighted by molar-refractivity contribution is 0.355. The third-order valence-corrected chi connectivity index (χ3v) is 3.21. The number of allylic oxidation sites excluding steroid dienone is 1. The first-order valence-electron chi connectivity index (χ1n) is 6.27. The van der Waals surface area contributed by atoms with Gasteiger partial charge in [-0.2, -0.15) is 5.26 Å². The summed E-state index contributed by atoms with van der Waals surface area (Å²) in [6.45, 7) is 0. The van der Waals surface area contributed by atoms with Gasteiger partial charge in [0, 0.05) is 5.02 Å². The molecule has 0 saturated carbocycles. The number of halogens is 1. The predicted molar refractivity (Wildman–Crippen MR) is 84.5 cm³/mol. The van der Waals surface area contributed by atoms with Crippen LogP contribution in [0.15, 0.2) is 42.5 Å². The van der Waals surface area contributed by atoms with Crippen LogP contribution in [-0.4, -0.2) is 14.2 Å². The molecule has 106 valence electrons. The molecule has 21 heavy (non-hydrogen) atoms. The van der Waals surface area contributed by atoms with E-state index in [1.165, 1.54) is 0 Å². The smallest absolute Gasteiger partial charge is 0.161 e. The van der Waals surface area contributed by atoms with Crippen molar-refractivity contribution < 1.29 is 9.47 Å². The van der Waals surface area contributed by atoms with Crippen LogP contribution in [0.25, 0.3) is 11.6 Å². The number of ether oxygens (including phenoxy) is 2. The van der Waals surface area contributed by atoms with Gasteiger partial charge in [0.15, 0.2) is 11.5 Å². The van der Waals surface area contributed by atoms with Crippen LogP contribution in [0.4, 0.5) is 0 Å². The first kappa shape index (κ1) is 15.0. The summed E-state index contributed by atoms with van der Waals surface area (Å²) in [5.74, 6) is 1.27. The molecular weight excluding hydrogens is 286 g/mol. The molecule has 0 aliphatic rings. The molecule has 4 heteroatoms. The van der Waals surface area contributed by atoms with Gasteiger partial charge in [-0.05, 0) is 41.5 Å². The third kappa shape index (κ3) is 3.56. The van der Waals surface area contributed by atoms with Gasteiger partial charge in [0.05, 0.1) is 25.9 Å². The van der Waals surface area contributed by atoms with Gasteiger partial charge < -0.3 is 9.47 Å². The van der Waals surface area contributed by atoms with Gasteiger partial charge in [0.25, 0.3) is 0 Å². The van der Waals surface area contributed by atoms with E-state index in [-0.39, 0.29) is 0 Å². The van der Waals surface area contributed by atoms with Crippen LogP contribution in [0, 0.1) is 11.3 Å². The molecule has 0 aromatic heterocycles. The van der Waals surface area contributed by atoms with E-state index in [9.17, 15) is 5.26 Å². The summed E-state index contributed by atoms with van der Waals surface area (Å²) in [4.78, 5) is 0. The Morgan fingerprint density at radius 3 is 2.48 bits per heavy atom. The summed E-state index contributed by atoms with van der Waals surface area (Å²) < 4.78 is 10.5. The standard InChI is InChI=1S/C17H14ClNO2/c1-20-16-7-6-12(9-17(16)21-2)8-14(11-19)13-4-3-5-15(18)10-13/h3-10H,1-2H3/b14-8-. The molecule has 0 radical (unpaired) electrons. The molecule has 0 atom stereocenters. The van der Waals surface area contributed by atoms with Crippen molar-refractivity contribution in [2.24, 2.45) is 0 Å². The molecule has 0 N–H and O–H groups in total. The molecule has 0 saturated heterocycles. The fraction of sp³-hybridized carbons (Fsp3) is 0.118. The number of methoxy groups -OCH3 is 2. The lowest BCUT2D eigenvalue weighted by atomic mass is 10.0. The Bertz CT molecular complexity index is 717. The molecule has 0 aliphatic heterocycles. The van der Waals surface area contributed by atoms with Crippen molar-refractivity contribution in [3.63, 3.8) is 0 Å². The second-order valence-corrected chi connectivity index (χ2v) is 4.73. The third-order valence-electron chi connectivity index (χ3n) is 2.97. The lowest BCUT2D eigenvalue weighted by Gasteiger charge is -2.08. The Kier molecular flexibility index (Phi) is 4.86. The van der Waals surface area contributed by atoms with E-state index in [0.717, 1.165) is 11.1 Å². The first-order valence-corrected chi connectivity index (χ1v) is 6.65. The second-order valence-electron chi connectivity index (χ2n) is 4.29. The van der Waals surface area contributed by atoms with E-state index in [4.69, 9.17) is 21.1 Å². The van der Waals surface area contributed by atoms with Crippen molar-refractivity contribution in [3.05, 3.63) is 58.6 Å². The summed E-state index contributed by atoms with van der Waals surface area (Å²) in [6, 6.07) is 14.9. The van der Waals surface area contributed by atoms with Crippen molar-refractivity contribution in [1.82, 2.24) is 0 Å². The first-order chi connectivity index (χ1) is 10.2. The number of nitriles is 1. The topological polar surface area (TPSA) is 42.2 Å². The number of hydrogen-bond donors (Lipinski definition) is 0. The minimum Gasteiger partial charge on any atom is -0.493 e. The van der Waals surface area contributed by atoms with E-state index in [2.05, 4.69) is 6.07 Å². The molecule has 2 rings (SSSR count). The van der Waals surface area contributed by atoms with Crippen molar-refractivity contribution in [1.29, 1.82) is 5.26 Å². The molecule has 0 fully saturated rings.